The summed E-state index contributed by atoms with van der Waals surface area (Å²) in [6.07, 6.45) is -9.32. The molecule has 4 fully saturated rings. The molecule has 57 heavy (non-hydrogen) atoms. The summed E-state index contributed by atoms with van der Waals surface area (Å²) in [5.74, 6) is -10.4. The molecule has 308 valence electrons. The molecule has 1 heterocycles. The summed E-state index contributed by atoms with van der Waals surface area (Å²) < 4.78 is 29.3. The summed E-state index contributed by atoms with van der Waals surface area (Å²) in [6.45, 7) is 10.4. The Bertz CT molecular complexity index is 1890. The predicted octanol–water partition coefficient (Wildman–Crippen LogP) is 3.01. The van der Waals surface area contributed by atoms with Gasteiger partial charge >= 0.3 is 24.0 Å². The van der Waals surface area contributed by atoms with E-state index in [0.717, 1.165) is 6.92 Å². The highest BCUT2D eigenvalue weighted by molar-refractivity contribution is 6.39. The lowest BCUT2D eigenvalue weighted by Gasteiger charge is -2.65. The third-order valence-electron chi connectivity index (χ3n) is 12.3. The van der Waals surface area contributed by atoms with Crippen molar-refractivity contribution in [3.8, 4) is 0 Å². The lowest BCUT2D eigenvalue weighted by Crippen LogP contribution is -2.80. The number of rotatable bonds is 8. The molecule has 1 amide bonds. The fourth-order valence-corrected chi connectivity index (χ4v) is 9.50. The normalized spacial score (nSPS) is 34.0. The van der Waals surface area contributed by atoms with Crippen LogP contribution in [-0.4, -0.2) is 105 Å². The number of ether oxygens (including phenoxy) is 5. The minimum Gasteiger partial charge on any atom is -0.460 e. The number of hydrogen-bond donors (Lipinski definition) is 4. The molecule has 1 aliphatic heterocycles. The highest BCUT2D eigenvalue weighted by Gasteiger charge is 2.76. The maximum atomic E-state index is 14.6. The highest BCUT2D eigenvalue weighted by atomic mass is 16.6. The van der Waals surface area contributed by atoms with Gasteiger partial charge < -0.3 is 44.3 Å². The maximum absolute atomic E-state index is 14.6. The van der Waals surface area contributed by atoms with E-state index < -0.39 is 124 Å². The van der Waals surface area contributed by atoms with Gasteiger partial charge in [0.25, 0.3) is 0 Å². The molecule has 0 aromatic heterocycles. The molecule has 0 radical (unpaired) electrons. The smallest absolute Gasteiger partial charge is 0.408 e. The first-order chi connectivity index (χ1) is 26.6. The molecule has 2 aromatic carbocycles. The standard InChI is InChI=1S/C42H51NO14/c1-21-26(54-37(50)34(48)31(23-14-10-8-11-15-23)43-38(51)57-39(3,4)5)19-42(52)35(55-36(49)24-16-12-9-13-17-24)30-28(32(46)33(47)29(21)40(42,6)7)25(45)18-27-41(30,20-53-27)56-22(2)44/h8-17,21,25-31,34-35,45,48,52H,18-20H2,1-7H3,(H,43,51). The summed E-state index contributed by atoms with van der Waals surface area (Å²) in [5.41, 5.74) is -6.15. The van der Waals surface area contributed by atoms with Gasteiger partial charge in [-0.25, -0.2) is 14.4 Å². The van der Waals surface area contributed by atoms with Crippen molar-refractivity contribution in [1.82, 2.24) is 5.32 Å². The van der Waals surface area contributed by atoms with Crippen molar-refractivity contribution in [1.29, 1.82) is 0 Å². The number of amides is 1. The van der Waals surface area contributed by atoms with E-state index in [4.69, 9.17) is 23.7 Å². The molecule has 0 spiro atoms. The van der Waals surface area contributed by atoms with Crippen molar-refractivity contribution in [3.63, 3.8) is 0 Å². The number of aliphatic hydroxyl groups excluding tert-OH is 2. The van der Waals surface area contributed by atoms with Crippen LogP contribution < -0.4 is 5.32 Å². The van der Waals surface area contributed by atoms with Gasteiger partial charge in [0.2, 0.25) is 11.6 Å². The first kappa shape index (κ1) is 41.9. The molecule has 3 aliphatic carbocycles. The molecule has 15 nitrogen and oxygen atoms in total. The molecule has 6 rings (SSSR count). The molecule has 4 N–H and O–H groups in total. The summed E-state index contributed by atoms with van der Waals surface area (Å²) in [5, 5.41) is 38.9. The Hall–Kier alpha value is -4.70. The van der Waals surface area contributed by atoms with E-state index in [1.165, 1.54) is 12.1 Å². The van der Waals surface area contributed by atoms with Gasteiger partial charge in [0.15, 0.2) is 11.7 Å². The Kier molecular flexibility index (Phi) is 11.2. The van der Waals surface area contributed by atoms with E-state index in [1.54, 1.807) is 90.1 Å². The number of esters is 3. The van der Waals surface area contributed by atoms with Crippen LogP contribution >= 0.6 is 0 Å². The lowest BCUT2D eigenvalue weighted by atomic mass is 9.45. The molecule has 12 unspecified atom stereocenters. The van der Waals surface area contributed by atoms with Gasteiger partial charge in [-0.3, -0.25) is 14.4 Å². The lowest BCUT2D eigenvalue weighted by molar-refractivity contribution is -0.337. The summed E-state index contributed by atoms with van der Waals surface area (Å²) in [7, 11) is 0. The van der Waals surface area contributed by atoms with E-state index in [0.29, 0.717) is 5.56 Å². The zero-order valence-electron chi connectivity index (χ0n) is 33.0. The number of Topliss-reactive ketones (excluding diaryl/α,β-unsaturated/α-hetero) is 2. The maximum Gasteiger partial charge on any atom is 0.408 e. The number of benzene rings is 2. The number of carbonyl (C=O) groups is 6. The van der Waals surface area contributed by atoms with Gasteiger partial charge in [-0.2, -0.15) is 0 Å². The number of nitrogens with one attached hydrogen (secondary N) is 1. The number of hydrogen-bond acceptors (Lipinski definition) is 14. The third-order valence-corrected chi connectivity index (χ3v) is 12.3. The second kappa shape index (κ2) is 15.2. The Morgan fingerprint density at radius 3 is 2.12 bits per heavy atom. The molecule has 1 saturated heterocycles. The predicted molar refractivity (Wildman–Crippen MR) is 198 cm³/mol. The molecule has 12 atom stereocenters. The van der Waals surface area contributed by atoms with Crippen LogP contribution in [0.15, 0.2) is 60.7 Å². The monoisotopic (exact) mass is 793 g/mol. The first-order valence-electron chi connectivity index (χ1n) is 19.1. The van der Waals surface area contributed by atoms with Crippen LogP contribution in [0.4, 0.5) is 4.79 Å². The Balaban J connectivity index is 1.44. The summed E-state index contributed by atoms with van der Waals surface area (Å²) in [4.78, 5) is 82.8. The van der Waals surface area contributed by atoms with Gasteiger partial charge in [0, 0.05) is 37.0 Å². The van der Waals surface area contributed by atoms with Crippen LogP contribution in [0.2, 0.25) is 0 Å². The Morgan fingerprint density at radius 2 is 1.56 bits per heavy atom. The van der Waals surface area contributed by atoms with Crippen LogP contribution in [0, 0.1) is 29.1 Å². The van der Waals surface area contributed by atoms with Crippen LogP contribution in [0.3, 0.4) is 0 Å². The first-order valence-corrected chi connectivity index (χ1v) is 19.1. The van der Waals surface area contributed by atoms with Gasteiger partial charge in [-0.15, -0.1) is 0 Å². The molecule has 2 bridgehead atoms. The van der Waals surface area contributed by atoms with Crippen LogP contribution in [0.1, 0.15) is 83.3 Å². The molecular weight excluding hydrogens is 742 g/mol. The Labute approximate surface area is 330 Å². The van der Waals surface area contributed by atoms with E-state index in [9.17, 15) is 44.1 Å². The second-order valence-corrected chi connectivity index (χ2v) is 17.3. The van der Waals surface area contributed by atoms with E-state index in [-0.39, 0.29) is 18.6 Å². The number of carbonyl (C=O) groups excluding carboxylic acids is 6. The average Bonchev–Trinajstić information content (AvgIpc) is 3.13. The fraction of sp³-hybridized carbons (Fsp3) is 0.571. The van der Waals surface area contributed by atoms with Crippen molar-refractivity contribution >= 4 is 35.6 Å². The van der Waals surface area contributed by atoms with Crippen LogP contribution in [0.5, 0.6) is 0 Å². The minimum atomic E-state index is -2.33. The molecular formula is C42H51NO14. The van der Waals surface area contributed by atoms with Gasteiger partial charge in [0.05, 0.1) is 36.2 Å². The minimum absolute atomic E-state index is 0.0792. The van der Waals surface area contributed by atoms with Crippen molar-refractivity contribution < 1.29 is 67.8 Å². The third kappa shape index (κ3) is 7.46. The quantitative estimate of drug-likeness (QED) is 0.172. The van der Waals surface area contributed by atoms with E-state index in [2.05, 4.69) is 5.32 Å². The SMILES string of the molecule is CC(=O)OC12COC1CC(O)C1C(=O)C(=O)C3C(C)C(OC(=O)C(O)C(NC(=O)OC(C)(C)C)c4ccccc4)CC(O)(C(OC(=O)c4ccccc4)C12)C3(C)C. The van der Waals surface area contributed by atoms with E-state index >= 15 is 0 Å². The van der Waals surface area contributed by atoms with Gasteiger partial charge in [0.1, 0.15) is 29.5 Å². The van der Waals surface area contributed by atoms with Crippen LogP contribution in [0.25, 0.3) is 0 Å². The number of aliphatic hydroxyl groups is 3. The topological polar surface area (TPSA) is 221 Å². The summed E-state index contributed by atoms with van der Waals surface area (Å²) in [6, 6.07) is 14.6. The molecule has 3 saturated carbocycles. The average molecular weight is 794 g/mol. The van der Waals surface area contributed by atoms with Crippen molar-refractivity contribution in [2.24, 2.45) is 29.1 Å². The van der Waals surface area contributed by atoms with Crippen molar-refractivity contribution in [2.45, 2.75) is 115 Å². The number of alkyl carbamates (subject to hydrolysis) is 1. The van der Waals surface area contributed by atoms with Gasteiger partial charge in [-0.05, 0) is 38.5 Å². The molecule has 4 aliphatic rings. The Morgan fingerprint density at radius 1 is 0.947 bits per heavy atom. The zero-order valence-corrected chi connectivity index (χ0v) is 33.0. The highest BCUT2D eigenvalue weighted by Crippen LogP contribution is 2.61. The number of fused-ring (bicyclic) bond motifs is 5. The summed E-state index contributed by atoms with van der Waals surface area (Å²) >= 11 is 0. The van der Waals surface area contributed by atoms with E-state index in [1.807, 2.05) is 0 Å². The van der Waals surface area contributed by atoms with Crippen LogP contribution in [-0.2, 0) is 42.9 Å². The zero-order chi connectivity index (χ0) is 41.8. The van der Waals surface area contributed by atoms with Crippen molar-refractivity contribution in [3.05, 3.63) is 71.8 Å². The fourth-order valence-electron chi connectivity index (χ4n) is 9.50. The van der Waals surface area contributed by atoms with Crippen molar-refractivity contribution in [2.75, 3.05) is 6.61 Å². The molecule has 15 heteroatoms. The second-order valence-electron chi connectivity index (χ2n) is 17.3. The largest absolute Gasteiger partial charge is 0.460 e. The number of ketones is 2. The molecule has 2 aromatic rings. The van der Waals surface area contributed by atoms with Gasteiger partial charge in [-0.1, -0.05) is 69.3 Å².